The van der Waals surface area contributed by atoms with Crippen molar-refractivity contribution < 1.29 is 4.74 Å². The summed E-state index contributed by atoms with van der Waals surface area (Å²) < 4.78 is 6.07. The summed E-state index contributed by atoms with van der Waals surface area (Å²) in [5.41, 5.74) is 2.69. The van der Waals surface area contributed by atoms with E-state index >= 15 is 0 Å². The van der Waals surface area contributed by atoms with Crippen molar-refractivity contribution in [3.63, 3.8) is 0 Å². The molecule has 3 heteroatoms. The van der Waals surface area contributed by atoms with Crippen LogP contribution in [-0.2, 0) is 6.42 Å². The fourth-order valence-electron chi connectivity index (χ4n) is 2.64. The number of fused-ring (bicyclic) bond motifs is 1. The highest BCUT2D eigenvalue weighted by Gasteiger charge is 2.25. The summed E-state index contributed by atoms with van der Waals surface area (Å²) in [6.45, 7) is 8.83. The lowest BCUT2D eigenvalue weighted by molar-refractivity contribution is 0.128. The summed E-state index contributed by atoms with van der Waals surface area (Å²) in [6.07, 6.45) is 2.56. The van der Waals surface area contributed by atoms with Gasteiger partial charge in [-0.2, -0.15) is 0 Å². The molecule has 0 saturated carbocycles. The number of nitrogens with zero attached hydrogens (tertiary/aromatic N) is 1. The Kier molecular flexibility index (Phi) is 5.28. The Morgan fingerprint density at radius 1 is 1.42 bits per heavy atom. The number of halogens is 1. The van der Waals surface area contributed by atoms with Crippen LogP contribution in [0.15, 0.2) is 18.2 Å². The van der Waals surface area contributed by atoms with Crippen LogP contribution in [0.5, 0.6) is 5.75 Å². The van der Waals surface area contributed by atoms with Crippen molar-refractivity contribution in [2.24, 2.45) is 0 Å². The maximum absolute atomic E-state index is 6.07. The first-order valence-corrected chi connectivity index (χ1v) is 8.28. The van der Waals surface area contributed by atoms with E-state index in [1.54, 1.807) is 0 Å². The number of rotatable bonds is 6. The average molecular weight is 326 g/mol. The molecule has 0 aliphatic carbocycles. The van der Waals surface area contributed by atoms with Crippen LogP contribution >= 0.6 is 15.9 Å². The molecule has 1 aromatic carbocycles. The van der Waals surface area contributed by atoms with E-state index in [0.717, 1.165) is 30.6 Å². The molecule has 0 N–H and O–H groups in total. The highest BCUT2D eigenvalue weighted by atomic mass is 79.9. The average Bonchev–Trinajstić information content (AvgIpc) is 2.75. The van der Waals surface area contributed by atoms with Crippen LogP contribution in [0.4, 0.5) is 0 Å². The SMILES string of the molecule is Cc1ccc2c(c1)CC(CN(CCCBr)C(C)C)O2. The molecule has 2 nitrogen and oxygen atoms in total. The predicted molar refractivity (Wildman–Crippen MR) is 84.4 cm³/mol. The van der Waals surface area contributed by atoms with E-state index in [-0.39, 0.29) is 0 Å². The first-order chi connectivity index (χ1) is 9.10. The van der Waals surface area contributed by atoms with E-state index in [1.807, 2.05) is 0 Å². The van der Waals surface area contributed by atoms with Gasteiger partial charge in [-0.25, -0.2) is 0 Å². The van der Waals surface area contributed by atoms with Gasteiger partial charge in [-0.15, -0.1) is 0 Å². The molecule has 1 atom stereocenters. The van der Waals surface area contributed by atoms with Crippen molar-refractivity contribution in [2.75, 3.05) is 18.4 Å². The Hall–Kier alpha value is -0.540. The van der Waals surface area contributed by atoms with E-state index in [2.05, 4.69) is 59.8 Å². The molecule has 1 heterocycles. The monoisotopic (exact) mass is 325 g/mol. The predicted octanol–water partition coefficient (Wildman–Crippen LogP) is 3.79. The maximum atomic E-state index is 6.07. The van der Waals surface area contributed by atoms with Crippen molar-refractivity contribution in [3.8, 4) is 5.75 Å². The molecule has 0 spiro atoms. The van der Waals surface area contributed by atoms with E-state index in [9.17, 15) is 0 Å². The normalized spacial score (nSPS) is 17.9. The first kappa shape index (κ1) is 14.9. The third kappa shape index (κ3) is 3.96. The Morgan fingerprint density at radius 2 is 2.21 bits per heavy atom. The summed E-state index contributed by atoms with van der Waals surface area (Å²) >= 11 is 3.51. The van der Waals surface area contributed by atoms with E-state index in [1.165, 1.54) is 17.5 Å². The third-order valence-electron chi connectivity index (χ3n) is 3.70. The summed E-state index contributed by atoms with van der Waals surface area (Å²) in [4.78, 5) is 2.52. The van der Waals surface area contributed by atoms with Gasteiger partial charge in [0.25, 0.3) is 0 Å². The second kappa shape index (κ2) is 6.76. The molecular formula is C16H24BrNO. The molecule has 0 radical (unpaired) electrons. The lowest BCUT2D eigenvalue weighted by atomic mass is 10.1. The molecule has 0 saturated heterocycles. The number of alkyl halides is 1. The summed E-state index contributed by atoms with van der Waals surface area (Å²) in [5, 5.41) is 1.07. The maximum Gasteiger partial charge on any atom is 0.123 e. The second-order valence-electron chi connectivity index (χ2n) is 5.69. The van der Waals surface area contributed by atoms with Crippen LogP contribution in [-0.4, -0.2) is 35.5 Å². The lowest BCUT2D eigenvalue weighted by Crippen LogP contribution is -2.40. The summed E-state index contributed by atoms with van der Waals surface area (Å²) in [5.74, 6) is 1.08. The highest BCUT2D eigenvalue weighted by Crippen LogP contribution is 2.30. The van der Waals surface area contributed by atoms with Crippen molar-refractivity contribution in [1.29, 1.82) is 0 Å². The van der Waals surface area contributed by atoms with E-state index in [0.29, 0.717) is 12.1 Å². The zero-order chi connectivity index (χ0) is 13.8. The highest BCUT2D eigenvalue weighted by molar-refractivity contribution is 9.09. The number of hydrogen-bond donors (Lipinski definition) is 0. The van der Waals surface area contributed by atoms with Gasteiger partial charge in [0.05, 0.1) is 0 Å². The molecule has 1 unspecified atom stereocenters. The molecule has 1 aliphatic rings. The molecule has 2 rings (SSSR count). The van der Waals surface area contributed by atoms with Gasteiger partial charge in [0, 0.05) is 24.3 Å². The molecule has 19 heavy (non-hydrogen) atoms. The molecule has 1 aromatic rings. The third-order valence-corrected chi connectivity index (χ3v) is 4.27. The van der Waals surface area contributed by atoms with Crippen LogP contribution in [0, 0.1) is 6.92 Å². The molecule has 106 valence electrons. The van der Waals surface area contributed by atoms with Crippen molar-refractivity contribution in [1.82, 2.24) is 4.90 Å². The molecule has 1 aliphatic heterocycles. The minimum absolute atomic E-state index is 0.314. The van der Waals surface area contributed by atoms with Crippen molar-refractivity contribution in [3.05, 3.63) is 29.3 Å². The smallest absolute Gasteiger partial charge is 0.123 e. The Bertz CT molecular complexity index is 419. The number of ether oxygens (including phenoxy) is 1. The van der Waals surface area contributed by atoms with E-state index < -0.39 is 0 Å². The van der Waals surface area contributed by atoms with Gasteiger partial charge in [0.1, 0.15) is 11.9 Å². The van der Waals surface area contributed by atoms with Gasteiger partial charge in [-0.05, 0) is 45.4 Å². The zero-order valence-electron chi connectivity index (χ0n) is 12.2. The van der Waals surface area contributed by atoms with Gasteiger partial charge < -0.3 is 4.74 Å². The Balaban J connectivity index is 1.94. The number of hydrogen-bond acceptors (Lipinski definition) is 2. The van der Waals surface area contributed by atoms with Crippen molar-refractivity contribution >= 4 is 15.9 Å². The van der Waals surface area contributed by atoms with Crippen LogP contribution in [0.2, 0.25) is 0 Å². The summed E-state index contributed by atoms with van der Waals surface area (Å²) in [6, 6.07) is 7.08. The fraction of sp³-hybridized carbons (Fsp3) is 0.625. The summed E-state index contributed by atoms with van der Waals surface area (Å²) in [7, 11) is 0. The van der Waals surface area contributed by atoms with Crippen LogP contribution in [0.25, 0.3) is 0 Å². The standard InChI is InChI=1S/C16H24BrNO/c1-12(2)18(8-4-7-17)11-15-10-14-9-13(3)5-6-16(14)19-15/h5-6,9,12,15H,4,7-8,10-11H2,1-3H3. The van der Waals surface area contributed by atoms with Crippen molar-refractivity contribution in [2.45, 2.75) is 45.8 Å². The molecule has 0 amide bonds. The van der Waals surface area contributed by atoms with Crippen LogP contribution < -0.4 is 4.74 Å². The minimum Gasteiger partial charge on any atom is -0.488 e. The lowest BCUT2D eigenvalue weighted by Gasteiger charge is -2.28. The van der Waals surface area contributed by atoms with Gasteiger partial charge >= 0.3 is 0 Å². The van der Waals surface area contributed by atoms with E-state index in [4.69, 9.17) is 4.74 Å². The second-order valence-corrected chi connectivity index (χ2v) is 6.48. The largest absolute Gasteiger partial charge is 0.488 e. The van der Waals surface area contributed by atoms with Gasteiger partial charge in [-0.1, -0.05) is 33.6 Å². The zero-order valence-corrected chi connectivity index (χ0v) is 13.7. The molecule has 0 bridgehead atoms. The fourth-order valence-corrected chi connectivity index (χ4v) is 2.89. The minimum atomic E-state index is 0.314. The van der Waals surface area contributed by atoms with Gasteiger partial charge in [0.15, 0.2) is 0 Å². The Labute approximate surface area is 125 Å². The quantitative estimate of drug-likeness (QED) is 0.738. The molecule has 0 fully saturated rings. The van der Waals surface area contributed by atoms with Gasteiger partial charge in [0.2, 0.25) is 0 Å². The number of aryl methyl sites for hydroxylation is 1. The van der Waals surface area contributed by atoms with Crippen LogP contribution in [0.3, 0.4) is 0 Å². The Morgan fingerprint density at radius 3 is 2.89 bits per heavy atom. The van der Waals surface area contributed by atoms with Crippen LogP contribution in [0.1, 0.15) is 31.4 Å². The first-order valence-electron chi connectivity index (χ1n) is 7.16. The number of benzene rings is 1. The molecular weight excluding hydrogens is 302 g/mol. The van der Waals surface area contributed by atoms with Gasteiger partial charge in [-0.3, -0.25) is 4.90 Å². The molecule has 0 aromatic heterocycles. The topological polar surface area (TPSA) is 12.5 Å².